The first kappa shape index (κ1) is 12.1. The van der Waals surface area contributed by atoms with E-state index in [1.807, 2.05) is 17.7 Å². The molecule has 2 N–H and O–H groups in total. The molecule has 0 spiro atoms. The van der Waals surface area contributed by atoms with Gasteiger partial charge in [-0.1, -0.05) is 0 Å². The Morgan fingerprint density at radius 2 is 2.33 bits per heavy atom. The molecular weight excluding hydrogens is 232 g/mol. The van der Waals surface area contributed by atoms with Crippen molar-refractivity contribution >= 4 is 11.7 Å². The van der Waals surface area contributed by atoms with E-state index in [9.17, 15) is 4.79 Å². The van der Waals surface area contributed by atoms with Gasteiger partial charge >= 0.3 is 5.97 Å². The van der Waals surface area contributed by atoms with Gasteiger partial charge in [0.05, 0.1) is 12.0 Å². The molecule has 0 bridgehead atoms. The Labute approximate surface area is 104 Å². The van der Waals surface area contributed by atoms with E-state index >= 15 is 0 Å². The standard InChI is InChI=1S/C12H14N4O2/c1-9(7-16-5-4-14-8-16)15-11-2-3-13-6-10(11)12(17)18/h2-6,8-9H,7H2,1H3,(H,13,15)(H,17,18). The number of carbonyl (C=O) groups is 1. The lowest BCUT2D eigenvalue weighted by atomic mass is 10.2. The fourth-order valence-electron chi connectivity index (χ4n) is 1.71. The molecule has 2 rings (SSSR count). The van der Waals surface area contributed by atoms with E-state index in [2.05, 4.69) is 15.3 Å². The summed E-state index contributed by atoms with van der Waals surface area (Å²) in [6.07, 6.45) is 8.21. The Bertz CT molecular complexity index is 525. The molecule has 18 heavy (non-hydrogen) atoms. The summed E-state index contributed by atoms with van der Waals surface area (Å²) in [5, 5.41) is 12.2. The number of nitrogens with zero attached hydrogens (tertiary/aromatic N) is 3. The van der Waals surface area contributed by atoms with Crippen molar-refractivity contribution in [3.05, 3.63) is 42.7 Å². The lowest BCUT2D eigenvalue weighted by molar-refractivity contribution is 0.0697. The third-order valence-corrected chi connectivity index (χ3v) is 2.50. The molecule has 0 aliphatic rings. The maximum absolute atomic E-state index is 11.0. The van der Waals surface area contributed by atoms with Crippen LogP contribution in [0.2, 0.25) is 0 Å². The van der Waals surface area contributed by atoms with Gasteiger partial charge in [-0.2, -0.15) is 0 Å². The lowest BCUT2D eigenvalue weighted by Gasteiger charge is -2.16. The second-order valence-corrected chi connectivity index (χ2v) is 4.03. The van der Waals surface area contributed by atoms with Gasteiger partial charge in [-0.3, -0.25) is 4.98 Å². The average molecular weight is 246 g/mol. The number of carboxylic acid groups (broad SMARTS) is 1. The Balaban J connectivity index is 2.07. The summed E-state index contributed by atoms with van der Waals surface area (Å²) in [6.45, 7) is 2.69. The van der Waals surface area contributed by atoms with Gasteiger partial charge in [0.2, 0.25) is 0 Å². The summed E-state index contributed by atoms with van der Waals surface area (Å²) in [7, 11) is 0. The molecule has 0 amide bonds. The number of imidazole rings is 1. The molecule has 0 saturated carbocycles. The van der Waals surface area contributed by atoms with Crippen LogP contribution in [0.1, 0.15) is 17.3 Å². The van der Waals surface area contributed by atoms with Crippen molar-refractivity contribution in [2.24, 2.45) is 0 Å². The van der Waals surface area contributed by atoms with Crippen molar-refractivity contribution in [3.63, 3.8) is 0 Å². The maximum atomic E-state index is 11.0. The lowest BCUT2D eigenvalue weighted by Crippen LogP contribution is -2.22. The summed E-state index contributed by atoms with van der Waals surface area (Å²) in [4.78, 5) is 18.8. The van der Waals surface area contributed by atoms with Gasteiger partial charge in [0, 0.05) is 37.4 Å². The van der Waals surface area contributed by atoms with Crippen molar-refractivity contribution in [2.75, 3.05) is 5.32 Å². The minimum Gasteiger partial charge on any atom is -0.478 e. The zero-order chi connectivity index (χ0) is 13.0. The number of carboxylic acids is 1. The van der Waals surface area contributed by atoms with Crippen molar-refractivity contribution in [1.29, 1.82) is 0 Å². The summed E-state index contributed by atoms with van der Waals surface area (Å²) < 4.78 is 1.93. The molecule has 0 fully saturated rings. The van der Waals surface area contributed by atoms with Crippen LogP contribution >= 0.6 is 0 Å². The number of hydrogen-bond donors (Lipinski definition) is 2. The monoisotopic (exact) mass is 246 g/mol. The van der Waals surface area contributed by atoms with Gasteiger partial charge in [-0.25, -0.2) is 9.78 Å². The molecule has 0 aliphatic carbocycles. The highest BCUT2D eigenvalue weighted by Gasteiger charge is 2.11. The molecule has 2 aromatic heterocycles. The zero-order valence-electron chi connectivity index (χ0n) is 9.95. The van der Waals surface area contributed by atoms with Gasteiger partial charge in [0.25, 0.3) is 0 Å². The van der Waals surface area contributed by atoms with Gasteiger partial charge in [-0.05, 0) is 13.0 Å². The third kappa shape index (κ3) is 2.85. The average Bonchev–Trinajstić information content (AvgIpc) is 2.82. The molecule has 1 atom stereocenters. The first-order valence-corrected chi connectivity index (χ1v) is 5.56. The van der Waals surface area contributed by atoms with Crippen LogP contribution in [-0.4, -0.2) is 31.7 Å². The summed E-state index contributed by atoms with van der Waals surface area (Å²) in [6, 6.07) is 1.74. The van der Waals surface area contributed by atoms with Crippen LogP contribution < -0.4 is 5.32 Å². The predicted molar refractivity (Wildman–Crippen MR) is 66.5 cm³/mol. The first-order chi connectivity index (χ1) is 8.66. The van der Waals surface area contributed by atoms with Gasteiger partial charge in [0.15, 0.2) is 0 Å². The fraction of sp³-hybridized carbons (Fsp3) is 0.250. The van der Waals surface area contributed by atoms with Gasteiger partial charge < -0.3 is 15.0 Å². The number of nitrogens with one attached hydrogen (secondary N) is 1. The maximum Gasteiger partial charge on any atom is 0.339 e. The molecule has 1 unspecified atom stereocenters. The van der Waals surface area contributed by atoms with E-state index in [0.29, 0.717) is 12.2 Å². The Hall–Kier alpha value is -2.37. The normalized spacial score (nSPS) is 12.1. The van der Waals surface area contributed by atoms with Gasteiger partial charge in [0.1, 0.15) is 5.56 Å². The van der Waals surface area contributed by atoms with Crippen LogP contribution in [0.4, 0.5) is 5.69 Å². The van der Waals surface area contributed by atoms with E-state index in [0.717, 1.165) is 0 Å². The molecule has 6 heteroatoms. The van der Waals surface area contributed by atoms with E-state index < -0.39 is 5.97 Å². The summed E-state index contributed by atoms with van der Waals surface area (Å²) >= 11 is 0. The molecular formula is C12H14N4O2. The molecule has 2 heterocycles. The molecule has 94 valence electrons. The third-order valence-electron chi connectivity index (χ3n) is 2.50. The first-order valence-electron chi connectivity index (χ1n) is 5.56. The summed E-state index contributed by atoms with van der Waals surface area (Å²) in [5.41, 5.74) is 0.750. The van der Waals surface area contributed by atoms with Crippen LogP contribution in [0.3, 0.4) is 0 Å². The van der Waals surface area contributed by atoms with Crippen LogP contribution in [0.5, 0.6) is 0 Å². The number of pyridine rings is 1. The van der Waals surface area contributed by atoms with Crippen LogP contribution in [0.15, 0.2) is 37.2 Å². The van der Waals surface area contributed by atoms with E-state index in [-0.39, 0.29) is 11.6 Å². The second-order valence-electron chi connectivity index (χ2n) is 4.03. The second kappa shape index (κ2) is 5.31. The largest absolute Gasteiger partial charge is 0.478 e. The molecule has 0 saturated heterocycles. The smallest absolute Gasteiger partial charge is 0.339 e. The fourth-order valence-corrected chi connectivity index (χ4v) is 1.71. The van der Waals surface area contributed by atoms with Crippen molar-refractivity contribution < 1.29 is 9.90 Å². The van der Waals surface area contributed by atoms with Crippen molar-refractivity contribution in [2.45, 2.75) is 19.5 Å². The Morgan fingerprint density at radius 3 is 3.00 bits per heavy atom. The molecule has 0 aromatic carbocycles. The zero-order valence-corrected chi connectivity index (χ0v) is 9.95. The molecule has 6 nitrogen and oxygen atoms in total. The molecule has 2 aromatic rings. The quantitative estimate of drug-likeness (QED) is 0.835. The van der Waals surface area contributed by atoms with Gasteiger partial charge in [-0.15, -0.1) is 0 Å². The highest BCUT2D eigenvalue weighted by Crippen LogP contribution is 2.15. The number of hydrogen-bond acceptors (Lipinski definition) is 4. The predicted octanol–water partition coefficient (Wildman–Crippen LogP) is 1.48. The minimum absolute atomic E-state index is 0.0831. The van der Waals surface area contributed by atoms with E-state index in [1.54, 1.807) is 24.8 Å². The highest BCUT2D eigenvalue weighted by molar-refractivity contribution is 5.93. The Morgan fingerprint density at radius 1 is 1.50 bits per heavy atom. The van der Waals surface area contributed by atoms with E-state index in [4.69, 9.17) is 5.11 Å². The number of aromatic nitrogens is 3. The summed E-state index contributed by atoms with van der Waals surface area (Å²) in [5.74, 6) is -0.986. The van der Waals surface area contributed by atoms with Crippen molar-refractivity contribution in [1.82, 2.24) is 14.5 Å². The number of rotatable bonds is 5. The van der Waals surface area contributed by atoms with Crippen LogP contribution in [0.25, 0.3) is 0 Å². The van der Waals surface area contributed by atoms with Crippen molar-refractivity contribution in [3.8, 4) is 0 Å². The topological polar surface area (TPSA) is 80.0 Å². The van der Waals surface area contributed by atoms with E-state index in [1.165, 1.54) is 6.20 Å². The van der Waals surface area contributed by atoms with Crippen LogP contribution in [-0.2, 0) is 6.54 Å². The molecule has 0 radical (unpaired) electrons. The van der Waals surface area contributed by atoms with Crippen LogP contribution in [0, 0.1) is 0 Å². The molecule has 0 aliphatic heterocycles. The highest BCUT2D eigenvalue weighted by atomic mass is 16.4. The number of aromatic carboxylic acids is 1. The SMILES string of the molecule is CC(Cn1ccnc1)Nc1ccncc1C(=O)O. The Kier molecular flexibility index (Phi) is 3.57. The number of anilines is 1. The minimum atomic E-state index is -0.986.